The molecule has 0 bridgehead atoms. The molecule has 0 aliphatic heterocycles. The molecule has 1 aromatic carbocycles. The summed E-state index contributed by atoms with van der Waals surface area (Å²) in [5.41, 5.74) is 7.27. The van der Waals surface area contributed by atoms with E-state index in [9.17, 15) is 9.67 Å². The van der Waals surface area contributed by atoms with E-state index in [2.05, 4.69) is 35.7 Å². The van der Waals surface area contributed by atoms with Gasteiger partial charge in [0.25, 0.3) is 0 Å². The van der Waals surface area contributed by atoms with Crippen LogP contribution in [0, 0.1) is 0 Å². The zero-order chi connectivity index (χ0) is 20.3. The summed E-state index contributed by atoms with van der Waals surface area (Å²) in [6.07, 6.45) is 9.13. The molecule has 0 radical (unpaired) electrons. The molecule has 7 heteroatoms. The number of phosphoric acid groups is 1. The van der Waals surface area contributed by atoms with Crippen molar-refractivity contribution in [2.45, 2.75) is 76.7 Å². The van der Waals surface area contributed by atoms with Crippen LogP contribution in [0.2, 0.25) is 0 Å². The van der Waals surface area contributed by atoms with E-state index < -0.39 is 26.6 Å². The second-order valence-electron chi connectivity index (χ2n) is 7.65. The van der Waals surface area contributed by atoms with E-state index in [-0.39, 0.29) is 5.92 Å². The van der Waals surface area contributed by atoms with Gasteiger partial charge in [0.05, 0.1) is 18.8 Å². The van der Waals surface area contributed by atoms with Crippen LogP contribution in [0.5, 0.6) is 0 Å². The van der Waals surface area contributed by atoms with Crippen molar-refractivity contribution >= 4 is 7.82 Å². The fourth-order valence-electron chi connectivity index (χ4n) is 3.23. The molecule has 0 aromatic heterocycles. The Labute approximate surface area is 163 Å². The Bertz CT molecular complexity index is 574. The smallest absolute Gasteiger partial charge is 0.394 e. The first-order valence-corrected chi connectivity index (χ1v) is 11.4. The third-order valence-electron chi connectivity index (χ3n) is 4.92. The Kier molecular flexibility index (Phi) is 10.7. The topological polar surface area (TPSA) is 113 Å². The van der Waals surface area contributed by atoms with E-state index >= 15 is 0 Å². The quantitative estimate of drug-likeness (QED) is 0.278. The van der Waals surface area contributed by atoms with E-state index in [0.29, 0.717) is 6.42 Å². The van der Waals surface area contributed by atoms with Gasteiger partial charge in [0.15, 0.2) is 0 Å². The molecule has 2 unspecified atom stereocenters. The summed E-state index contributed by atoms with van der Waals surface area (Å²) in [6, 6.07) is 8.39. The van der Waals surface area contributed by atoms with Gasteiger partial charge in [-0.25, -0.2) is 4.57 Å². The fraction of sp³-hybridized carbons (Fsp3) is 0.700. The lowest BCUT2D eigenvalue weighted by Crippen LogP contribution is -2.48. The number of hydrogen-bond donors (Lipinski definition) is 4. The van der Waals surface area contributed by atoms with Crippen LogP contribution in [0.15, 0.2) is 24.3 Å². The van der Waals surface area contributed by atoms with E-state index in [1.807, 2.05) is 6.92 Å². The van der Waals surface area contributed by atoms with Crippen molar-refractivity contribution < 1.29 is 24.0 Å². The highest BCUT2D eigenvalue weighted by atomic mass is 31.2. The molecule has 0 spiro atoms. The van der Waals surface area contributed by atoms with Gasteiger partial charge in [0, 0.05) is 0 Å². The van der Waals surface area contributed by atoms with Crippen LogP contribution in [-0.2, 0) is 15.5 Å². The van der Waals surface area contributed by atoms with Gasteiger partial charge in [0.2, 0.25) is 0 Å². The van der Waals surface area contributed by atoms with E-state index in [1.165, 1.54) is 44.1 Å². The Morgan fingerprint density at radius 2 is 1.70 bits per heavy atom. The zero-order valence-electron chi connectivity index (χ0n) is 16.6. The normalized spacial score (nSPS) is 15.5. The predicted octanol–water partition coefficient (Wildman–Crippen LogP) is 3.88. The Morgan fingerprint density at radius 3 is 2.26 bits per heavy atom. The molecule has 5 N–H and O–H groups in total. The SMILES string of the molecule is CCCCCCCCc1ccc(C(C)CC(N)(CO)COP(=O)(O)O)cc1. The number of benzene rings is 1. The molecule has 0 fully saturated rings. The Morgan fingerprint density at radius 1 is 1.11 bits per heavy atom. The first-order chi connectivity index (χ1) is 12.7. The average Bonchev–Trinajstić information content (AvgIpc) is 2.63. The standard InChI is InChI=1S/C20H36NO5P/c1-3-4-5-6-7-8-9-18-10-12-19(13-11-18)17(2)14-20(21,15-22)16-26-27(23,24)25/h10-13,17,22H,3-9,14-16,21H2,1-2H3,(H2,23,24,25). The summed E-state index contributed by atoms with van der Waals surface area (Å²) >= 11 is 0. The monoisotopic (exact) mass is 401 g/mol. The third kappa shape index (κ3) is 10.4. The van der Waals surface area contributed by atoms with Gasteiger partial charge < -0.3 is 20.6 Å². The second kappa shape index (κ2) is 11.9. The van der Waals surface area contributed by atoms with Gasteiger partial charge in [-0.05, 0) is 36.3 Å². The highest BCUT2D eigenvalue weighted by molar-refractivity contribution is 7.46. The first-order valence-electron chi connectivity index (χ1n) is 9.88. The van der Waals surface area contributed by atoms with Gasteiger partial charge in [-0.2, -0.15) is 0 Å². The molecular weight excluding hydrogens is 365 g/mol. The molecule has 1 rings (SSSR count). The Balaban J connectivity index is 2.50. The van der Waals surface area contributed by atoms with Crippen molar-refractivity contribution in [3.05, 3.63) is 35.4 Å². The van der Waals surface area contributed by atoms with E-state index in [0.717, 1.165) is 12.0 Å². The molecule has 1 aromatic rings. The van der Waals surface area contributed by atoms with Crippen molar-refractivity contribution in [1.29, 1.82) is 0 Å². The van der Waals surface area contributed by atoms with Crippen LogP contribution in [0.4, 0.5) is 0 Å². The van der Waals surface area contributed by atoms with Crippen molar-refractivity contribution in [2.24, 2.45) is 5.73 Å². The molecule has 156 valence electrons. The molecule has 0 saturated heterocycles. The van der Waals surface area contributed by atoms with Gasteiger partial charge in [-0.3, -0.25) is 4.52 Å². The summed E-state index contributed by atoms with van der Waals surface area (Å²) < 4.78 is 15.4. The van der Waals surface area contributed by atoms with Crippen LogP contribution in [0.25, 0.3) is 0 Å². The minimum Gasteiger partial charge on any atom is -0.394 e. The molecule has 0 saturated carbocycles. The maximum Gasteiger partial charge on any atom is 0.469 e. The van der Waals surface area contributed by atoms with Crippen LogP contribution in [0.1, 0.15) is 75.8 Å². The summed E-state index contributed by atoms with van der Waals surface area (Å²) in [5.74, 6) is 0.0330. The summed E-state index contributed by atoms with van der Waals surface area (Å²) in [5, 5.41) is 9.54. The Hall–Kier alpha value is -0.750. The maximum absolute atomic E-state index is 10.9. The lowest BCUT2D eigenvalue weighted by molar-refractivity contribution is 0.0979. The van der Waals surface area contributed by atoms with Crippen molar-refractivity contribution in [3.8, 4) is 0 Å². The zero-order valence-corrected chi connectivity index (χ0v) is 17.5. The van der Waals surface area contributed by atoms with Gasteiger partial charge in [-0.1, -0.05) is 70.2 Å². The van der Waals surface area contributed by atoms with Crippen LogP contribution >= 0.6 is 7.82 Å². The van der Waals surface area contributed by atoms with Crippen LogP contribution in [0.3, 0.4) is 0 Å². The van der Waals surface area contributed by atoms with Crippen LogP contribution in [-0.4, -0.2) is 33.6 Å². The summed E-state index contributed by atoms with van der Waals surface area (Å²) in [6.45, 7) is 3.40. The molecular formula is C20H36NO5P. The molecule has 0 aliphatic rings. The van der Waals surface area contributed by atoms with Crippen LogP contribution < -0.4 is 5.73 Å². The number of unbranched alkanes of at least 4 members (excludes halogenated alkanes) is 5. The minimum atomic E-state index is -4.61. The highest BCUT2D eigenvalue weighted by Crippen LogP contribution is 2.37. The number of aliphatic hydroxyl groups excluding tert-OH is 1. The minimum absolute atomic E-state index is 0.0330. The summed E-state index contributed by atoms with van der Waals surface area (Å²) in [7, 11) is -4.61. The van der Waals surface area contributed by atoms with Gasteiger partial charge in [-0.15, -0.1) is 0 Å². The number of aryl methyl sites for hydroxylation is 1. The van der Waals surface area contributed by atoms with E-state index in [4.69, 9.17) is 15.5 Å². The highest BCUT2D eigenvalue weighted by Gasteiger charge is 2.31. The van der Waals surface area contributed by atoms with Crippen molar-refractivity contribution in [3.63, 3.8) is 0 Å². The number of hydrogen-bond acceptors (Lipinski definition) is 4. The second-order valence-corrected chi connectivity index (χ2v) is 8.89. The summed E-state index contributed by atoms with van der Waals surface area (Å²) in [4.78, 5) is 17.7. The fourth-order valence-corrected chi connectivity index (χ4v) is 3.66. The van der Waals surface area contributed by atoms with Gasteiger partial charge in [0.1, 0.15) is 0 Å². The number of nitrogens with two attached hydrogens (primary N) is 1. The molecule has 0 heterocycles. The molecule has 0 amide bonds. The molecule has 27 heavy (non-hydrogen) atoms. The number of aliphatic hydroxyl groups is 1. The average molecular weight is 401 g/mol. The number of rotatable bonds is 14. The third-order valence-corrected chi connectivity index (χ3v) is 5.38. The molecule has 2 atom stereocenters. The molecule has 6 nitrogen and oxygen atoms in total. The number of phosphoric ester groups is 1. The molecule has 0 aliphatic carbocycles. The van der Waals surface area contributed by atoms with Crippen molar-refractivity contribution in [1.82, 2.24) is 0 Å². The van der Waals surface area contributed by atoms with Crippen molar-refractivity contribution in [2.75, 3.05) is 13.2 Å². The maximum atomic E-state index is 10.9. The van der Waals surface area contributed by atoms with E-state index in [1.54, 1.807) is 0 Å². The van der Waals surface area contributed by atoms with Gasteiger partial charge >= 0.3 is 7.82 Å². The first kappa shape index (κ1) is 24.3. The lowest BCUT2D eigenvalue weighted by Gasteiger charge is -2.30. The largest absolute Gasteiger partial charge is 0.469 e. The predicted molar refractivity (Wildman–Crippen MR) is 109 cm³/mol. The lowest BCUT2D eigenvalue weighted by atomic mass is 9.86.